The molecule has 0 bridgehead atoms. The maximum absolute atomic E-state index is 5.65. The first-order chi connectivity index (χ1) is 14.2. The number of pyridine rings is 1. The minimum absolute atomic E-state index is 0.537. The highest BCUT2D eigenvalue weighted by Crippen LogP contribution is 2.17. The van der Waals surface area contributed by atoms with E-state index in [9.17, 15) is 0 Å². The van der Waals surface area contributed by atoms with Crippen LogP contribution in [-0.4, -0.2) is 24.9 Å². The summed E-state index contributed by atoms with van der Waals surface area (Å²) in [6, 6.07) is 17.5. The topological polar surface area (TPSA) is 102 Å². The zero-order chi connectivity index (χ0) is 20.1. The third-order valence-electron chi connectivity index (χ3n) is 4.36. The summed E-state index contributed by atoms with van der Waals surface area (Å²) in [4.78, 5) is 22.3. The number of hydrogen-bond acceptors (Lipinski definition) is 7. The molecule has 3 heterocycles. The van der Waals surface area contributed by atoms with Gasteiger partial charge in [-0.15, -0.1) is 0 Å². The van der Waals surface area contributed by atoms with Crippen molar-refractivity contribution in [1.29, 1.82) is 0 Å². The van der Waals surface area contributed by atoms with E-state index in [-0.39, 0.29) is 0 Å². The minimum Gasteiger partial charge on any atom is -0.326 e. The Balaban J connectivity index is 1.51. The van der Waals surface area contributed by atoms with Gasteiger partial charge in [0.1, 0.15) is 23.2 Å². The molecule has 0 spiro atoms. The predicted molar refractivity (Wildman–Crippen MR) is 112 cm³/mol. The van der Waals surface area contributed by atoms with Crippen LogP contribution in [0, 0.1) is 6.92 Å². The van der Waals surface area contributed by atoms with Gasteiger partial charge in [0.15, 0.2) is 5.82 Å². The third-order valence-corrected chi connectivity index (χ3v) is 4.36. The van der Waals surface area contributed by atoms with E-state index in [1.165, 1.54) is 0 Å². The van der Waals surface area contributed by atoms with Gasteiger partial charge in [-0.1, -0.05) is 30.3 Å². The molecule has 3 N–H and O–H groups in total. The molecule has 7 nitrogen and oxygen atoms in total. The summed E-state index contributed by atoms with van der Waals surface area (Å²) in [6.45, 7) is 2.48. The van der Waals surface area contributed by atoms with Gasteiger partial charge >= 0.3 is 0 Å². The fraction of sp³-hybridized carbons (Fsp3) is 0.136. The Bertz CT molecular complexity index is 1110. The van der Waals surface area contributed by atoms with Gasteiger partial charge in [0.05, 0.1) is 0 Å². The Hall–Kier alpha value is -3.71. The van der Waals surface area contributed by atoms with Crippen LogP contribution in [0.25, 0.3) is 11.5 Å². The summed E-state index contributed by atoms with van der Waals surface area (Å²) in [6.07, 6.45) is 4.08. The molecule has 0 aliphatic heterocycles. The molecule has 0 amide bonds. The van der Waals surface area contributed by atoms with Gasteiger partial charge in [0.2, 0.25) is 0 Å². The van der Waals surface area contributed by atoms with E-state index in [2.05, 4.69) is 42.4 Å². The Morgan fingerprint density at radius 3 is 2.28 bits per heavy atom. The molecule has 0 unspecified atom stereocenters. The van der Waals surface area contributed by atoms with E-state index in [0.29, 0.717) is 30.4 Å². The molecule has 7 heteroatoms. The van der Waals surface area contributed by atoms with Crippen LogP contribution < -0.4 is 11.1 Å². The van der Waals surface area contributed by atoms with Crippen LogP contribution in [-0.2, 0) is 13.0 Å². The van der Waals surface area contributed by atoms with Crippen LogP contribution in [0.15, 0.2) is 67.0 Å². The molecule has 4 aromatic rings. The first-order valence-corrected chi connectivity index (χ1v) is 9.33. The average molecular weight is 383 g/mol. The monoisotopic (exact) mass is 383 g/mol. The molecule has 0 saturated carbocycles. The second-order valence-corrected chi connectivity index (χ2v) is 6.61. The van der Waals surface area contributed by atoms with Crippen molar-refractivity contribution >= 4 is 11.6 Å². The second-order valence-electron chi connectivity index (χ2n) is 6.61. The number of nitrogens with two attached hydrogens (primary N) is 1. The SMILES string of the molecule is Cc1cccc(-c2nccc(Nc3ccnc(Cc4ccc(CN)cc4)n3)n2)n1. The third kappa shape index (κ3) is 4.77. The summed E-state index contributed by atoms with van der Waals surface area (Å²) in [5.74, 6) is 2.61. The molecule has 0 aliphatic carbocycles. The van der Waals surface area contributed by atoms with E-state index in [0.717, 1.165) is 28.3 Å². The van der Waals surface area contributed by atoms with E-state index in [4.69, 9.17) is 5.73 Å². The van der Waals surface area contributed by atoms with E-state index in [1.807, 2.05) is 43.3 Å². The highest BCUT2D eigenvalue weighted by Gasteiger charge is 2.07. The largest absolute Gasteiger partial charge is 0.326 e. The highest BCUT2D eigenvalue weighted by molar-refractivity contribution is 5.56. The van der Waals surface area contributed by atoms with Crippen molar-refractivity contribution in [3.8, 4) is 11.5 Å². The zero-order valence-corrected chi connectivity index (χ0v) is 16.1. The van der Waals surface area contributed by atoms with Gasteiger partial charge in [-0.3, -0.25) is 0 Å². The summed E-state index contributed by atoms with van der Waals surface area (Å²) in [7, 11) is 0. The van der Waals surface area contributed by atoms with Gasteiger partial charge in [-0.05, 0) is 42.3 Å². The van der Waals surface area contributed by atoms with Crippen LogP contribution in [0.1, 0.15) is 22.6 Å². The summed E-state index contributed by atoms with van der Waals surface area (Å²) < 4.78 is 0. The van der Waals surface area contributed by atoms with Gasteiger partial charge in [0, 0.05) is 31.1 Å². The first kappa shape index (κ1) is 18.6. The van der Waals surface area contributed by atoms with E-state index in [1.54, 1.807) is 18.5 Å². The Morgan fingerprint density at radius 1 is 0.793 bits per heavy atom. The molecular weight excluding hydrogens is 362 g/mol. The van der Waals surface area contributed by atoms with Crippen molar-refractivity contribution < 1.29 is 0 Å². The minimum atomic E-state index is 0.537. The molecule has 0 radical (unpaired) electrons. The molecule has 3 aromatic heterocycles. The average Bonchev–Trinajstić information content (AvgIpc) is 2.75. The summed E-state index contributed by atoms with van der Waals surface area (Å²) >= 11 is 0. The lowest BCUT2D eigenvalue weighted by atomic mass is 10.1. The number of anilines is 2. The lowest BCUT2D eigenvalue weighted by Gasteiger charge is -2.08. The fourth-order valence-electron chi connectivity index (χ4n) is 2.88. The number of aryl methyl sites for hydroxylation is 1. The molecular formula is C22H21N7. The number of benzene rings is 1. The molecule has 0 aliphatic rings. The molecule has 4 rings (SSSR count). The number of rotatable bonds is 6. The standard InChI is InChI=1S/C22H21N7/c1-15-3-2-4-18(26-15)22-25-12-10-20(29-22)27-19-9-11-24-21(28-19)13-16-5-7-17(14-23)8-6-16/h2-12H,13-14,23H2,1H3,(H,24,25,27,28,29). The number of aromatic nitrogens is 5. The molecule has 0 fully saturated rings. The summed E-state index contributed by atoms with van der Waals surface area (Å²) in [5, 5.41) is 3.23. The van der Waals surface area contributed by atoms with Gasteiger partial charge in [-0.25, -0.2) is 24.9 Å². The molecule has 1 aromatic carbocycles. The smallest absolute Gasteiger partial charge is 0.180 e. The molecule has 29 heavy (non-hydrogen) atoms. The molecule has 144 valence electrons. The molecule has 0 saturated heterocycles. The quantitative estimate of drug-likeness (QED) is 0.526. The van der Waals surface area contributed by atoms with Crippen LogP contribution in [0.3, 0.4) is 0 Å². The van der Waals surface area contributed by atoms with E-state index < -0.39 is 0 Å². The lowest BCUT2D eigenvalue weighted by molar-refractivity contribution is 0.966. The van der Waals surface area contributed by atoms with Gasteiger partial charge in [0.25, 0.3) is 0 Å². The Kier molecular flexibility index (Phi) is 5.49. The highest BCUT2D eigenvalue weighted by atomic mass is 15.1. The van der Waals surface area contributed by atoms with Crippen molar-refractivity contribution in [2.45, 2.75) is 19.9 Å². The second kappa shape index (κ2) is 8.53. The lowest BCUT2D eigenvalue weighted by Crippen LogP contribution is -2.03. The normalized spacial score (nSPS) is 10.7. The van der Waals surface area contributed by atoms with Crippen LogP contribution >= 0.6 is 0 Å². The Labute approximate surface area is 169 Å². The van der Waals surface area contributed by atoms with Crippen LogP contribution in [0.2, 0.25) is 0 Å². The van der Waals surface area contributed by atoms with Crippen molar-refractivity contribution in [1.82, 2.24) is 24.9 Å². The fourth-order valence-corrected chi connectivity index (χ4v) is 2.88. The van der Waals surface area contributed by atoms with Gasteiger partial charge in [-0.2, -0.15) is 0 Å². The maximum atomic E-state index is 5.65. The maximum Gasteiger partial charge on any atom is 0.180 e. The Morgan fingerprint density at radius 2 is 1.52 bits per heavy atom. The van der Waals surface area contributed by atoms with Crippen molar-refractivity contribution in [2.75, 3.05) is 5.32 Å². The number of nitrogens with one attached hydrogen (secondary N) is 1. The first-order valence-electron chi connectivity index (χ1n) is 9.33. The number of nitrogens with zero attached hydrogens (tertiary/aromatic N) is 5. The van der Waals surface area contributed by atoms with Crippen molar-refractivity contribution in [3.05, 3.63) is 89.6 Å². The zero-order valence-electron chi connectivity index (χ0n) is 16.1. The van der Waals surface area contributed by atoms with Crippen molar-refractivity contribution in [2.24, 2.45) is 5.73 Å². The number of hydrogen-bond donors (Lipinski definition) is 2. The van der Waals surface area contributed by atoms with Crippen LogP contribution in [0.5, 0.6) is 0 Å². The van der Waals surface area contributed by atoms with Crippen molar-refractivity contribution in [3.63, 3.8) is 0 Å². The predicted octanol–water partition coefficient (Wildman–Crippen LogP) is 3.43. The van der Waals surface area contributed by atoms with Gasteiger partial charge < -0.3 is 11.1 Å². The summed E-state index contributed by atoms with van der Waals surface area (Å²) in [5.41, 5.74) is 9.55. The van der Waals surface area contributed by atoms with E-state index >= 15 is 0 Å². The molecule has 0 atom stereocenters. The van der Waals surface area contributed by atoms with Crippen LogP contribution in [0.4, 0.5) is 11.6 Å².